The van der Waals surface area contributed by atoms with E-state index in [9.17, 15) is 8.42 Å². The molecule has 0 rings (SSSR count). The molecule has 0 aliphatic heterocycles. The van der Waals surface area contributed by atoms with Gasteiger partial charge in [-0.05, 0) is 12.8 Å². The lowest BCUT2D eigenvalue weighted by atomic mass is 10.3. The van der Waals surface area contributed by atoms with Crippen molar-refractivity contribution in [3.8, 4) is 0 Å². The summed E-state index contributed by atoms with van der Waals surface area (Å²) >= 11 is 0. The van der Waals surface area contributed by atoms with Crippen LogP contribution in [0.25, 0.3) is 0 Å². The van der Waals surface area contributed by atoms with E-state index in [1.165, 1.54) is 4.31 Å². The van der Waals surface area contributed by atoms with Crippen molar-refractivity contribution in [2.24, 2.45) is 0 Å². The first kappa shape index (κ1) is 17.0. The SMILES string of the molecule is C.COC/C=C/CCCS(=O)(=O)N(C)C. The quantitative estimate of drug-likeness (QED) is 0.498. The maximum Gasteiger partial charge on any atom is 0.213 e. The first-order valence-electron chi connectivity index (χ1n) is 4.55. The van der Waals surface area contributed by atoms with Crippen molar-refractivity contribution in [3.63, 3.8) is 0 Å². The van der Waals surface area contributed by atoms with Crippen LogP contribution in [0, 0.1) is 0 Å². The van der Waals surface area contributed by atoms with Crippen LogP contribution >= 0.6 is 0 Å². The summed E-state index contributed by atoms with van der Waals surface area (Å²) in [6.45, 7) is 0.584. The highest BCUT2D eigenvalue weighted by Gasteiger charge is 2.11. The fraction of sp³-hybridized carbons (Fsp3) is 0.800. The maximum atomic E-state index is 11.3. The second kappa shape index (κ2) is 8.88. The summed E-state index contributed by atoms with van der Waals surface area (Å²) in [5.41, 5.74) is 0. The van der Waals surface area contributed by atoms with E-state index in [-0.39, 0.29) is 13.2 Å². The molecule has 0 saturated carbocycles. The first-order chi connectivity index (χ1) is 6.50. The third-order valence-corrected chi connectivity index (χ3v) is 3.68. The number of nitrogens with zero attached hydrogens (tertiary/aromatic N) is 1. The van der Waals surface area contributed by atoms with E-state index < -0.39 is 10.0 Å². The number of methoxy groups -OCH3 is 1. The minimum absolute atomic E-state index is 0. The predicted molar refractivity (Wildman–Crippen MR) is 64.5 cm³/mol. The van der Waals surface area contributed by atoms with Gasteiger partial charge in [0.1, 0.15) is 0 Å². The fourth-order valence-corrected chi connectivity index (χ4v) is 1.74. The zero-order valence-electron chi connectivity index (χ0n) is 9.06. The number of ether oxygens (including phenoxy) is 1. The van der Waals surface area contributed by atoms with Gasteiger partial charge in [-0.25, -0.2) is 12.7 Å². The van der Waals surface area contributed by atoms with Gasteiger partial charge in [0.2, 0.25) is 10.0 Å². The molecule has 0 spiro atoms. The minimum atomic E-state index is -3.02. The monoisotopic (exact) mass is 237 g/mol. The Hall–Kier alpha value is -0.390. The average Bonchev–Trinajstić information content (AvgIpc) is 2.10. The fourth-order valence-electron chi connectivity index (χ4n) is 0.848. The summed E-state index contributed by atoms with van der Waals surface area (Å²) in [6, 6.07) is 0. The van der Waals surface area contributed by atoms with E-state index in [0.29, 0.717) is 13.0 Å². The Labute approximate surface area is 94.0 Å². The van der Waals surface area contributed by atoms with Crippen molar-refractivity contribution in [2.75, 3.05) is 33.6 Å². The number of hydrogen-bond acceptors (Lipinski definition) is 3. The molecule has 0 heterocycles. The van der Waals surface area contributed by atoms with Gasteiger partial charge in [0, 0.05) is 21.2 Å². The number of rotatable bonds is 7. The van der Waals surface area contributed by atoms with Gasteiger partial charge >= 0.3 is 0 Å². The van der Waals surface area contributed by atoms with Crippen LogP contribution in [0.4, 0.5) is 0 Å². The van der Waals surface area contributed by atoms with Crippen LogP contribution in [-0.4, -0.2) is 46.3 Å². The van der Waals surface area contributed by atoms with Crippen LogP contribution in [0.5, 0.6) is 0 Å². The molecule has 0 aliphatic rings. The third-order valence-electron chi connectivity index (χ3n) is 1.76. The van der Waals surface area contributed by atoms with Crippen molar-refractivity contribution in [2.45, 2.75) is 20.3 Å². The van der Waals surface area contributed by atoms with Crippen LogP contribution in [0.2, 0.25) is 0 Å². The molecule has 5 heteroatoms. The van der Waals surface area contributed by atoms with Crippen LogP contribution in [0.1, 0.15) is 20.3 Å². The normalized spacial score (nSPS) is 12.0. The van der Waals surface area contributed by atoms with Gasteiger partial charge in [0.25, 0.3) is 0 Å². The van der Waals surface area contributed by atoms with Crippen LogP contribution < -0.4 is 0 Å². The molecular weight excluding hydrogens is 214 g/mol. The Balaban J connectivity index is 0. The molecule has 0 aromatic carbocycles. The third kappa shape index (κ3) is 8.59. The summed E-state index contributed by atoms with van der Waals surface area (Å²) in [5.74, 6) is 0.206. The van der Waals surface area contributed by atoms with Crippen LogP contribution in [0.15, 0.2) is 12.2 Å². The van der Waals surface area contributed by atoms with Crippen molar-refractivity contribution in [1.29, 1.82) is 0 Å². The number of hydrogen-bond donors (Lipinski definition) is 0. The number of unbranched alkanes of at least 4 members (excludes halogenated alkanes) is 1. The maximum absolute atomic E-state index is 11.3. The molecule has 0 bridgehead atoms. The molecule has 15 heavy (non-hydrogen) atoms. The average molecular weight is 237 g/mol. The standard InChI is InChI=1S/C9H19NO3S.CH4/c1-10(2)14(11,12)9-7-5-4-6-8-13-3;/h4,6H,5,7-9H2,1-3H3;1H4/b6-4+;. The van der Waals surface area contributed by atoms with Gasteiger partial charge in [0.15, 0.2) is 0 Å². The predicted octanol–water partition coefficient (Wildman–Crippen LogP) is 1.50. The molecule has 0 unspecified atom stereocenters. The van der Waals surface area contributed by atoms with E-state index in [1.807, 2.05) is 12.2 Å². The molecule has 92 valence electrons. The van der Waals surface area contributed by atoms with E-state index in [4.69, 9.17) is 4.74 Å². The van der Waals surface area contributed by atoms with Gasteiger partial charge in [-0.1, -0.05) is 19.6 Å². The van der Waals surface area contributed by atoms with Gasteiger partial charge in [-0.15, -0.1) is 0 Å². The van der Waals surface area contributed by atoms with E-state index in [2.05, 4.69) is 0 Å². The van der Waals surface area contributed by atoms with Crippen molar-refractivity contribution < 1.29 is 13.2 Å². The molecule has 0 aromatic rings. The lowest BCUT2D eigenvalue weighted by Gasteiger charge is -2.09. The summed E-state index contributed by atoms with van der Waals surface area (Å²) in [6.07, 6.45) is 5.26. The molecule has 0 amide bonds. The zero-order chi connectivity index (χ0) is 11.0. The molecule has 0 saturated heterocycles. The minimum Gasteiger partial charge on any atom is -0.381 e. The van der Waals surface area contributed by atoms with Gasteiger partial charge in [0.05, 0.1) is 12.4 Å². The Bertz CT molecular complexity index is 258. The van der Waals surface area contributed by atoms with Crippen molar-refractivity contribution in [3.05, 3.63) is 12.2 Å². The Morgan fingerprint density at radius 1 is 1.27 bits per heavy atom. The molecule has 0 radical (unpaired) electrons. The van der Waals surface area contributed by atoms with Gasteiger partial charge in [-0.3, -0.25) is 0 Å². The first-order valence-corrected chi connectivity index (χ1v) is 6.15. The summed E-state index contributed by atoms with van der Waals surface area (Å²) in [4.78, 5) is 0. The Morgan fingerprint density at radius 3 is 2.33 bits per heavy atom. The highest BCUT2D eigenvalue weighted by molar-refractivity contribution is 7.89. The van der Waals surface area contributed by atoms with Crippen molar-refractivity contribution >= 4 is 10.0 Å². The zero-order valence-corrected chi connectivity index (χ0v) is 9.88. The summed E-state index contributed by atoms with van der Waals surface area (Å²) in [7, 11) is 1.71. The molecule has 0 aromatic heterocycles. The molecule has 0 N–H and O–H groups in total. The highest BCUT2D eigenvalue weighted by Crippen LogP contribution is 2.00. The topological polar surface area (TPSA) is 46.6 Å². The Morgan fingerprint density at radius 2 is 1.87 bits per heavy atom. The lowest BCUT2D eigenvalue weighted by Crippen LogP contribution is -2.24. The number of allylic oxidation sites excluding steroid dienone is 1. The van der Waals surface area contributed by atoms with Crippen LogP contribution in [0.3, 0.4) is 0 Å². The molecule has 0 aliphatic carbocycles. The van der Waals surface area contributed by atoms with Gasteiger partial charge < -0.3 is 4.74 Å². The molecule has 0 fully saturated rings. The van der Waals surface area contributed by atoms with E-state index in [0.717, 1.165) is 6.42 Å². The molecule has 0 atom stereocenters. The highest BCUT2D eigenvalue weighted by atomic mass is 32.2. The lowest BCUT2D eigenvalue weighted by molar-refractivity contribution is 0.233. The second-order valence-corrected chi connectivity index (χ2v) is 5.47. The Kier molecular flexibility index (Phi) is 10.1. The van der Waals surface area contributed by atoms with Gasteiger partial charge in [-0.2, -0.15) is 0 Å². The summed E-state index contributed by atoms with van der Waals surface area (Å²) < 4.78 is 28.7. The van der Waals surface area contributed by atoms with Crippen molar-refractivity contribution in [1.82, 2.24) is 4.31 Å². The molecule has 4 nitrogen and oxygen atoms in total. The van der Waals surface area contributed by atoms with Crippen LogP contribution in [-0.2, 0) is 14.8 Å². The van der Waals surface area contributed by atoms with E-state index in [1.54, 1.807) is 21.2 Å². The molecular formula is C10H23NO3S. The number of sulfonamides is 1. The van der Waals surface area contributed by atoms with E-state index >= 15 is 0 Å². The second-order valence-electron chi connectivity index (χ2n) is 3.17. The smallest absolute Gasteiger partial charge is 0.213 e. The largest absolute Gasteiger partial charge is 0.381 e. The summed E-state index contributed by atoms with van der Waals surface area (Å²) in [5, 5.41) is 0.